The standard InChI is InChI=1S/C63H45N3/c1-63(2)57-18-8-3-13-51(57)52-40-39-50(41-58(52)63)64(46-31-23-42(24-32-46)44-27-35-48(36-28-44)65-59-19-9-4-14-53(59)54-15-5-10-20-60(54)65)47-33-25-43(26-34-47)45-29-37-49(38-30-45)66-61-21-11-6-16-55(61)56-17-7-12-22-62(56)66/h3-41H,1-2H3. The van der Waals surface area contributed by atoms with Gasteiger partial charge in [0.15, 0.2) is 0 Å². The number of aromatic nitrogens is 2. The molecule has 0 bridgehead atoms. The molecule has 13 rings (SSSR count). The van der Waals surface area contributed by atoms with Gasteiger partial charge in [-0.2, -0.15) is 0 Å². The Morgan fingerprint density at radius 2 is 0.636 bits per heavy atom. The molecule has 66 heavy (non-hydrogen) atoms. The van der Waals surface area contributed by atoms with Gasteiger partial charge in [0.05, 0.1) is 22.1 Å². The van der Waals surface area contributed by atoms with Crippen LogP contribution in [0.1, 0.15) is 25.0 Å². The number of rotatable bonds is 7. The minimum absolute atomic E-state index is 0.113. The summed E-state index contributed by atoms with van der Waals surface area (Å²) in [7, 11) is 0. The van der Waals surface area contributed by atoms with Gasteiger partial charge in [-0.1, -0.05) is 166 Å². The molecule has 0 N–H and O–H groups in total. The van der Waals surface area contributed by atoms with E-state index in [-0.39, 0.29) is 5.41 Å². The zero-order valence-corrected chi connectivity index (χ0v) is 36.9. The van der Waals surface area contributed by atoms with Crippen LogP contribution in [0.3, 0.4) is 0 Å². The monoisotopic (exact) mass is 843 g/mol. The van der Waals surface area contributed by atoms with Crippen LogP contribution in [-0.2, 0) is 5.41 Å². The van der Waals surface area contributed by atoms with E-state index in [2.05, 4.69) is 264 Å². The summed E-state index contributed by atoms with van der Waals surface area (Å²) in [5.74, 6) is 0. The maximum Gasteiger partial charge on any atom is 0.0541 e. The molecule has 0 saturated heterocycles. The van der Waals surface area contributed by atoms with Gasteiger partial charge in [0.2, 0.25) is 0 Å². The SMILES string of the molecule is CC1(C)c2ccccc2-c2ccc(N(c3ccc(-c4ccc(-n5c6ccccc6c6ccccc65)cc4)cc3)c3ccc(-c4ccc(-n5c6ccccc6c6ccccc65)cc4)cc3)cc21. The van der Waals surface area contributed by atoms with Crippen LogP contribution in [0.4, 0.5) is 17.1 Å². The molecule has 0 saturated carbocycles. The van der Waals surface area contributed by atoms with Crippen molar-refractivity contribution >= 4 is 60.7 Å². The average Bonchev–Trinajstić information content (AvgIpc) is 3.98. The lowest BCUT2D eigenvalue weighted by Crippen LogP contribution is -2.16. The van der Waals surface area contributed by atoms with E-state index >= 15 is 0 Å². The number of nitrogens with zero attached hydrogens (tertiary/aromatic N) is 3. The number of hydrogen-bond acceptors (Lipinski definition) is 1. The van der Waals surface area contributed by atoms with Crippen LogP contribution >= 0.6 is 0 Å². The van der Waals surface area contributed by atoms with Gasteiger partial charge in [-0.25, -0.2) is 0 Å². The molecule has 12 aromatic rings. The number of benzene rings is 10. The van der Waals surface area contributed by atoms with Crippen LogP contribution in [-0.4, -0.2) is 9.13 Å². The minimum Gasteiger partial charge on any atom is -0.310 e. The summed E-state index contributed by atoms with van der Waals surface area (Å²) in [6.07, 6.45) is 0. The normalized spacial score (nSPS) is 12.8. The van der Waals surface area contributed by atoms with Crippen molar-refractivity contribution in [3.05, 3.63) is 248 Å². The van der Waals surface area contributed by atoms with Gasteiger partial charge in [0.1, 0.15) is 0 Å². The molecular weight excluding hydrogens is 799 g/mol. The Morgan fingerprint density at radius 1 is 0.303 bits per heavy atom. The molecule has 0 radical (unpaired) electrons. The molecular formula is C63H45N3. The van der Waals surface area contributed by atoms with Crippen LogP contribution in [0.15, 0.2) is 237 Å². The van der Waals surface area contributed by atoms with Crippen molar-refractivity contribution in [3.63, 3.8) is 0 Å². The van der Waals surface area contributed by atoms with E-state index in [1.54, 1.807) is 0 Å². The average molecular weight is 844 g/mol. The molecule has 2 heterocycles. The Hall–Kier alpha value is -8.40. The lowest BCUT2D eigenvalue weighted by atomic mass is 9.82. The molecule has 0 fully saturated rings. The number of hydrogen-bond donors (Lipinski definition) is 0. The maximum absolute atomic E-state index is 2.41. The van der Waals surface area contributed by atoms with Crippen molar-refractivity contribution < 1.29 is 0 Å². The van der Waals surface area contributed by atoms with Gasteiger partial charge in [-0.3, -0.25) is 0 Å². The highest BCUT2D eigenvalue weighted by Gasteiger charge is 2.35. The molecule has 0 unspecified atom stereocenters. The van der Waals surface area contributed by atoms with Gasteiger partial charge in [0, 0.05) is 55.4 Å². The summed E-state index contributed by atoms with van der Waals surface area (Å²) < 4.78 is 4.75. The fourth-order valence-electron chi connectivity index (χ4n) is 10.9. The lowest BCUT2D eigenvalue weighted by molar-refractivity contribution is 0.660. The first-order valence-electron chi connectivity index (χ1n) is 22.9. The lowest BCUT2D eigenvalue weighted by Gasteiger charge is -2.28. The maximum atomic E-state index is 2.41. The first kappa shape index (κ1) is 38.1. The zero-order valence-electron chi connectivity index (χ0n) is 36.9. The summed E-state index contributed by atoms with van der Waals surface area (Å²) >= 11 is 0. The molecule has 3 heteroatoms. The van der Waals surface area contributed by atoms with Crippen molar-refractivity contribution in [1.82, 2.24) is 9.13 Å². The summed E-state index contributed by atoms with van der Waals surface area (Å²) in [6, 6.07) is 86.8. The van der Waals surface area contributed by atoms with Crippen LogP contribution < -0.4 is 4.90 Å². The molecule has 10 aromatic carbocycles. The van der Waals surface area contributed by atoms with E-state index in [9.17, 15) is 0 Å². The Kier molecular flexibility index (Phi) is 8.56. The Morgan fingerprint density at radius 3 is 1.06 bits per heavy atom. The van der Waals surface area contributed by atoms with E-state index in [4.69, 9.17) is 0 Å². The second-order valence-electron chi connectivity index (χ2n) is 18.2. The molecule has 3 nitrogen and oxygen atoms in total. The first-order chi connectivity index (χ1) is 32.5. The Labute approximate surface area is 384 Å². The number of fused-ring (bicyclic) bond motifs is 9. The Bertz CT molecular complexity index is 3500. The molecule has 0 aliphatic heterocycles. The van der Waals surface area contributed by atoms with Gasteiger partial charge in [-0.15, -0.1) is 0 Å². The smallest absolute Gasteiger partial charge is 0.0541 e. The van der Waals surface area contributed by atoms with Crippen LogP contribution in [0.5, 0.6) is 0 Å². The molecule has 1 aliphatic carbocycles. The van der Waals surface area contributed by atoms with Gasteiger partial charge in [0.25, 0.3) is 0 Å². The summed E-state index contributed by atoms with van der Waals surface area (Å²) in [5.41, 5.74) is 20.5. The van der Waals surface area contributed by atoms with E-state index in [1.807, 2.05) is 0 Å². The molecule has 2 aromatic heterocycles. The van der Waals surface area contributed by atoms with Gasteiger partial charge < -0.3 is 14.0 Å². The summed E-state index contributed by atoms with van der Waals surface area (Å²) in [5, 5.41) is 5.09. The van der Waals surface area contributed by atoms with Crippen molar-refractivity contribution in [1.29, 1.82) is 0 Å². The largest absolute Gasteiger partial charge is 0.310 e. The van der Waals surface area contributed by atoms with E-state index in [0.717, 1.165) is 28.4 Å². The van der Waals surface area contributed by atoms with Crippen LogP contribution in [0, 0.1) is 0 Å². The van der Waals surface area contributed by atoms with Gasteiger partial charge in [-0.05, 0) is 129 Å². The fourth-order valence-corrected chi connectivity index (χ4v) is 10.9. The quantitative estimate of drug-likeness (QED) is 0.156. The van der Waals surface area contributed by atoms with Crippen LogP contribution in [0.2, 0.25) is 0 Å². The third-order valence-corrected chi connectivity index (χ3v) is 14.2. The third kappa shape index (κ3) is 5.90. The Balaban J connectivity index is 0.852. The highest BCUT2D eigenvalue weighted by atomic mass is 15.1. The highest BCUT2D eigenvalue weighted by molar-refractivity contribution is 6.10. The highest BCUT2D eigenvalue weighted by Crippen LogP contribution is 2.51. The summed E-state index contributed by atoms with van der Waals surface area (Å²) in [6.45, 7) is 4.71. The van der Waals surface area contributed by atoms with Crippen molar-refractivity contribution in [3.8, 4) is 44.8 Å². The minimum atomic E-state index is -0.113. The van der Waals surface area contributed by atoms with E-state index < -0.39 is 0 Å². The molecule has 312 valence electrons. The first-order valence-corrected chi connectivity index (χ1v) is 22.9. The van der Waals surface area contributed by atoms with Gasteiger partial charge >= 0.3 is 0 Å². The predicted octanol–water partition coefficient (Wildman–Crippen LogP) is 17.0. The topological polar surface area (TPSA) is 13.1 Å². The molecule has 0 spiro atoms. The second kappa shape index (κ2) is 14.8. The molecule has 0 amide bonds. The van der Waals surface area contributed by atoms with E-state index in [1.165, 1.54) is 88.1 Å². The number of para-hydroxylation sites is 4. The second-order valence-corrected chi connectivity index (χ2v) is 18.2. The summed E-state index contributed by atoms with van der Waals surface area (Å²) in [4.78, 5) is 2.41. The predicted molar refractivity (Wildman–Crippen MR) is 278 cm³/mol. The molecule has 1 aliphatic rings. The van der Waals surface area contributed by atoms with Crippen molar-refractivity contribution in [2.45, 2.75) is 19.3 Å². The van der Waals surface area contributed by atoms with Crippen LogP contribution in [0.25, 0.3) is 88.4 Å². The van der Waals surface area contributed by atoms with Crippen molar-refractivity contribution in [2.24, 2.45) is 0 Å². The van der Waals surface area contributed by atoms with E-state index in [0.29, 0.717) is 0 Å². The molecule has 0 atom stereocenters. The van der Waals surface area contributed by atoms with Crippen molar-refractivity contribution in [2.75, 3.05) is 4.90 Å². The fraction of sp³-hybridized carbons (Fsp3) is 0.0476. The zero-order chi connectivity index (χ0) is 43.9. The number of anilines is 3. The third-order valence-electron chi connectivity index (χ3n) is 14.2.